The smallest absolute Gasteiger partial charge is 0.259 e. The molecule has 1 N–H and O–H groups in total. The summed E-state index contributed by atoms with van der Waals surface area (Å²) >= 11 is 2.71. The van der Waals surface area contributed by atoms with Gasteiger partial charge in [-0.1, -0.05) is 22.6 Å². The summed E-state index contributed by atoms with van der Waals surface area (Å²) in [5.74, 6) is -0.376. The van der Waals surface area contributed by atoms with Crippen LogP contribution < -0.4 is 5.32 Å². The molecule has 0 spiro atoms. The molecule has 5 aromatic rings. The van der Waals surface area contributed by atoms with Crippen molar-refractivity contribution in [1.29, 1.82) is 0 Å². The molecule has 4 heterocycles. The van der Waals surface area contributed by atoms with Crippen LogP contribution in [0.25, 0.3) is 31.9 Å². The number of amides is 1. The SMILES string of the molecule is Cc1noc2nc(-c3cccs3)cc(C(=O)Nc3nc4ccc(S(C)(=O)=O)cc4s3)c12. The molecule has 4 aromatic heterocycles. The van der Waals surface area contributed by atoms with E-state index >= 15 is 0 Å². The zero-order chi connectivity index (χ0) is 21.8. The van der Waals surface area contributed by atoms with Crippen LogP contribution in [0.3, 0.4) is 0 Å². The minimum Gasteiger partial charge on any atom is -0.335 e. The van der Waals surface area contributed by atoms with Gasteiger partial charge in [0.15, 0.2) is 15.0 Å². The van der Waals surface area contributed by atoms with Crippen LogP contribution in [-0.4, -0.2) is 35.7 Å². The molecule has 11 heteroatoms. The highest BCUT2D eigenvalue weighted by Crippen LogP contribution is 2.32. The second-order valence-corrected chi connectivity index (χ2v) is 10.8. The maximum atomic E-state index is 13.2. The topological polar surface area (TPSA) is 115 Å². The Labute approximate surface area is 184 Å². The summed E-state index contributed by atoms with van der Waals surface area (Å²) in [5, 5.41) is 9.60. The highest BCUT2D eigenvalue weighted by Gasteiger charge is 2.21. The first-order chi connectivity index (χ1) is 14.8. The first-order valence-corrected chi connectivity index (χ1v) is 12.6. The average molecular weight is 471 g/mol. The Bertz CT molecular complexity index is 1570. The van der Waals surface area contributed by atoms with Crippen molar-refractivity contribution in [3.8, 4) is 10.6 Å². The number of nitrogens with zero attached hydrogens (tertiary/aromatic N) is 3. The highest BCUT2D eigenvalue weighted by atomic mass is 32.2. The lowest BCUT2D eigenvalue weighted by molar-refractivity contribution is 0.102. The van der Waals surface area contributed by atoms with Crippen LogP contribution >= 0.6 is 22.7 Å². The van der Waals surface area contributed by atoms with E-state index in [1.807, 2.05) is 17.5 Å². The van der Waals surface area contributed by atoms with Crippen molar-refractivity contribution in [2.75, 3.05) is 11.6 Å². The fourth-order valence-corrected chi connectivity index (χ4v) is 5.49. The molecule has 0 aliphatic rings. The van der Waals surface area contributed by atoms with Crippen LogP contribution in [0.15, 0.2) is 51.2 Å². The average Bonchev–Trinajstić information content (AvgIpc) is 3.45. The monoisotopic (exact) mass is 470 g/mol. The van der Waals surface area contributed by atoms with Gasteiger partial charge >= 0.3 is 0 Å². The van der Waals surface area contributed by atoms with E-state index in [2.05, 4.69) is 20.4 Å². The van der Waals surface area contributed by atoms with Gasteiger partial charge in [0.25, 0.3) is 11.6 Å². The Morgan fingerprint density at radius 3 is 2.74 bits per heavy atom. The lowest BCUT2D eigenvalue weighted by Gasteiger charge is -2.05. The van der Waals surface area contributed by atoms with Gasteiger partial charge in [0.05, 0.1) is 42.3 Å². The van der Waals surface area contributed by atoms with Gasteiger partial charge in [-0.05, 0) is 42.6 Å². The molecule has 1 amide bonds. The number of hydrogen-bond acceptors (Lipinski definition) is 9. The number of nitrogens with one attached hydrogen (secondary N) is 1. The van der Waals surface area contributed by atoms with Gasteiger partial charge in [0.2, 0.25) is 0 Å². The van der Waals surface area contributed by atoms with Gasteiger partial charge in [-0.25, -0.2) is 18.4 Å². The van der Waals surface area contributed by atoms with Gasteiger partial charge in [-0.2, -0.15) is 0 Å². The highest BCUT2D eigenvalue weighted by molar-refractivity contribution is 7.90. The van der Waals surface area contributed by atoms with Gasteiger partial charge in [0, 0.05) is 6.26 Å². The van der Waals surface area contributed by atoms with Crippen LogP contribution in [0.4, 0.5) is 5.13 Å². The third kappa shape index (κ3) is 3.60. The first-order valence-electron chi connectivity index (χ1n) is 9.02. The van der Waals surface area contributed by atoms with E-state index in [0.29, 0.717) is 37.7 Å². The molecule has 0 aliphatic heterocycles. The van der Waals surface area contributed by atoms with Crippen LogP contribution in [0.5, 0.6) is 0 Å². The molecule has 0 radical (unpaired) electrons. The summed E-state index contributed by atoms with van der Waals surface area (Å²) in [6.07, 6.45) is 1.15. The van der Waals surface area contributed by atoms with Crippen molar-refractivity contribution < 1.29 is 17.7 Å². The molecule has 0 saturated carbocycles. The second kappa shape index (κ2) is 7.22. The number of thiazole rings is 1. The zero-order valence-electron chi connectivity index (χ0n) is 16.2. The Hall–Kier alpha value is -3.15. The number of pyridine rings is 1. The molecule has 156 valence electrons. The molecule has 0 atom stereocenters. The largest absolute Gasteiger partial charge is 0.335 e. The van der Waals surface area contributed by atoms with E-state index in [1.54, 1.807) is 25.1 Å². The van der Waals surface area contributed by atoms with Crippen molar-refractivity contribution in [2.24, 2.45) is 0 Å². The molecule has 0 fully saturated rings. The first kappa shape index (κ1) is 19.8. The second-order valence-electron chi connectivity index (χ2n) is 6.86. The summed E-state index contributed by atoms with van der Waals surface area (Å²) in [5.41, 5.74) is 2.45. The maximum Gasteiger partial charge on any atom is 0.259 e. The fraction of sp³-hybridized carbons (Fsp3) is 0.100. The standard InChI is InChI=1S/C20H14N4O4S3/c1-10-17-12(9-14(15-4-3-7-29-15)21-19(17)28-24-10)18(25)23-20-22-13-6-5-11(31(2,26)27)8-16(13)30-20/h3-9H,1-2H3,(H,22,23,25). The Kier molecular flexibility index (Phi) is 4.61. The summed E-state index contributed by atoms with van der Waals surface area (Å²) in [6.45, 7) is 1.75. The van der Waals surface area contributed by atoms with Gasteiger partial charge in [-0.15, -0.1) is 11.3 Å². The number of hydrogen-bond donors (Lipinski definition) is 1. The van der Waals surface area contributed by atoms with Crippen LogP contribution in [-0.2, 0) is 9.84 Å². The Morgan fingerprint density at radius 1 is 1.16 bits per heavy atom. The van der Waals surface area contributed by atoms with Crippen LogP contribution in [0.2, 0.25) is 0 Å². The molecule has 0 saturated heterocycles. The van der Waals surface area contributed by atoms with Gasteiger partial charge in [0.1, 0.15) is 0 Å². The molecule has 8 nitrogen and oxygen atoms in total. The zero-order valence-corrected chi connectivity index (χ0v) is 18.7. The number of anilines is 1. The van der Waals surface area contributed by atoms with E-state index in [4.69, 9.17) is 4.52 Å². The minimum absolute atomic E-state index is 0.207. The molecular formula is C20H14N4O4S3. The van der Waals surface area contributed by atoms with E-state index in [0.717, 1.165) is 11.1 Å². The van der Waals surface area contributed by atoms with Crippen LogP contribution in [0, 0.1) is 6.92 Å². The quantitative estimate of drug-likeness (QED) is 0.410. The van der Waals surface area contributed by atoms with Gasteiger partial charge in [-0.3, -0.25) is 10.1 Å². The number of carbonyl (C=O) groups is 1. The fourth-order valence-electron chi connectivity index (χ4n) is 3.18. The molecule has 5 rings (SSSR count). The number of fused-ring (bicyclic) bond motifs is 2. The van der Waals surface area contributed by atoms with Gasteiger partial charge < -0.3 is 4.52 Å². The summed E-state index contributed by atoms with van der Waals surface area (Å²) in [4.78, 5) is 23.2. The summed E-state index contributed by atoms with van der Waals surface area (Å²) in [7, 11) is -3.33. The number of benzene rings is 1. The molecular weight excluding hydrogens is 456 g/mol. The molecule has 0 aliphatic carbocycles. The van der Waals surface area contributed by atoms with E-state index in [-0.39, 0.29) is 16.5 Å². The predicted molar refractivity (Wildman–Crippen MR) is 121 cm³/mol. The molecule has 31 heavy (non-hydrogen) atoms. The lowest BCUT2D eigenvalue weighted by atomic mass is 10.1. The van der Waals surface area contributed by atoms with Crippen molar-refractivity contribution >= 4 is 64.9 Å². The number of aryl methyl sites for hydroxylation is 1. The van der Waals surface area contributed by atoms with E-state index in [1.165, 1.54) is 28.7 Å². The number of thiophene rings is 1. The lowest BCUT2D eigenvalue weighted by Crippen LogP contribution is -2.12. The molecule has 0 unspecified atom stereocenters. The maximum absolute atomic E-state index is 13.2. The number of carbonyl (C=O) groups excluding carboxylic acids is 1. The van der Waals surface area contributed by atoms with Crippen molar-refractivity contribution in [2.45, 2.75) is 11.8 Å². The number of rotatable bonds is 4. The third-order valence-electron chi connectivity index (χ3n) is 4.64. The van der Waals surface area contributed by atoms with E-state index < -0.39 is 9.84 Å². The Balaban J connectivity index is 1.55. The van der Waals surface area contributed by atoms with Crippen LogP contribution in [0.1, 0.15) is 16.1 Å². The number of aromatic nitrogens is 3. The molecule has 1 aromatic carbocycles. The summed E-state index contributed by atoms with van der Waals surface area (Å²) < 4.78 is 29.6. The molecule has 0 bridgehead atoms. The van der Waals surface area contributed by atoms with E-state index in [9.17, 15) is 13.2 Å². The van der Waals surface area contributed by atoms with Crippen molar-refractivity contribution in [3.63, 3.8) is 0 Å². The summed E-state index contributed by atoms with van der Waals surface area (Å²) in [6, 6.07) is 10.2. The Morgan fingerprint density at radius 2 is 2.00 bits per heavy atom. The minimum atomic E-state index is -3.33. The number of sulfone groups is 1. The normalized spacial score (nSPS) is 11.9. The third-order valence-corrected chi connectivity index (χ3v) is 7.58. The van der Waals surface area contributed by atoms with Crippen molar-refractivity contribution in [3.05, 3.63) is 53.0 Å². The predicted octanol–water partition coefficient (Wildman–Crippen LogP) is 4.53. The van der Waals surface area contributed by atoms with Crippen molar-refractivity contribution in [1.82, 2.24) is 15.1 Å².